The minimum atomic E-state index is -0.231. The molecular weight excluding hydrogens is 373 g/mol. The highest BCUT2D eigenvalue weighted by Crippen LogP contribution is 2.57. The first-order valence-corrected chi connectivity index (χ1v) is 13.2. The highest BCUT2D eigenvalue weighted by atomic mass is 31.1. The van der Waals surface area contributed by atoms with Gasteiger partial charge in [0.25, 0.3) is 0 Å². The summed E-state index contributed by atoms with van der Waals surface area (Å²) in [6, 6.07) is 9.05. The van der Waals surface area contributed by atoms with E-state index >= 15 is 0 Å². The van der Waals surface area contributed by atoms with Crippen LogP contribution in [-0.4, -0.2) is 23.0 Å². The Labute approximate surface area is 178 Å². The Kier molecular flexibility index (Phi) is 6.69. The number of hydrogen-bond acceptors (Lipinski definition) is 1. The molecule has 2 aliphatic rings. The zero-order valence-corrected chi connectivity index (χ0v) is 19.7. The molecule has 1 aromatic heterocycles. The second-order valence-electron chi connectivity index (χ2n) is 9.22. The lowest BCUT2D eigenvalue weighted by molar-refractivity contribution is 0.417. The highest BCUT2D eigenvalue weighted by molar-refractivity contribution is 7.67. The fourth-order valence-electron chi connectivity index (χ4n) is 5.76. The Morgan fingerprint density at radius 3 is 1.76 bits per heavy atom. The summed E-state index contributed by atoms with van der Waals surface area (Å²) in [5.41, 5.74) is 7.23. The third-order valence-electron chi connectivity index (χ3n) is 7.22. The second-order valence-corrected chi connectivity index (χ2v) is 11.9. The Bertz CT molecular complexity index is 790. The van der Waals surface area contributed by atoms with E-state index in [1.807, 2.05) is 7.11 Å². The van der Waals surface area contributed by atoms with E-state index in [0.717, 1.165) is 17.1 Å². The average molecular weight is 412 g/mol. The lowest BCUT2D eigenvalue weighted by Crippen LogP contribution is -2.30. The molecule has 2 fully saturated rings. The van der Waals surface area contributed by atoms with Crippen LogP contribution in [0.15, 0.2) is 24.3 Å². The van der Waals surface area contributed by atoms with Gasteiger partial charge in [-0.15, -0.1) is 0 Å². The summed E-state index contributed by atoms with van der Waals surface area (Å²) in [4.78, 5) is 0. The van der Waals surface area contributed by atoms with E-state index in [1.165, 1.54) is 86.8 Å². The maximum atomic E-state index is 6.08. The lowest BCUT2D eigenvalue weighted by Gasteiger charge is -2.40. The zero-order valence-electron chi connectivity index (χ0n) is 18.8. The summed E-state index contributed by atoms with van der Waals surface area (Å²) < 4.78 is 8.59. The molecule has 4 rings (SSSR count). The van der Waals surface area contributed by atoms with E-state index in [2.05, 4.69) is 49.6 Å². The molecule has 2 nitrogen and oxygen atoms in total. The van der Waals surface area contributed by atoms with Crippen molar-refractivity contribution in [3.05, 3.63) is 41.2 Å². The molecule has 2 aromatic rings. The molecule has 1 aromatic carbocycles. The van der Waals surface area contributed by atoms with Gasteiger partial charge in [-0.05, 0) is 81.5 Å². The summed E-state index contributed by atoms with van der Waals surface area (Å²) >= 11 is 0. The van der Waals surface area contributed by atoms with Gasteiger partial charge in [-0.2, -0.15) is 0 Å². The zero-order chi connectivity index (χ0) is 20.4. The third-order valence-corrected chi connectivity index (χ3v) is 10.8. The largest absolute Gasteiger partial charge is 0.496 e. The molecule has 1 heterocycles. The molecule has 0 N–H and O–H groups in total. The maximum absolute atomic E-state index is 6.08. The van der Waals surface area contributed by atoms with Crippen LogP contribution in [0.1, 0.15) is 81.2 Å². The number of methoxy groups -OCH3 is 1. The van der Waals surface area contributed by atoms with Crippen molar-refractivity contribution >= 4 is 13.2 Å². The lowest BCUT2D eigenvalue weighted by atomic mass is 9.99. The molecule has 3 heteroatoms. The summed E-state index contributed by atoms with van der Waals surface area (Å²) in [5, 5.41) is 1.57. The van der Waals surface area contributed by atoms with E-state index < -0.39 is 0 Å². The monoisotopic (exact) mass is 411 g/mol. The van der Waals surface area contributed by atoms with Gasteiger partial charge in [-0.3, -0.25) is 0 Å². The number of ether oxygens (including phenoxy) is 1. The van der Waals surface area contributed by atoms with Crippen LogP contribution < -0.4 is 10.0 Å². The fourth-order valence-corrected chi connectivity index (χ4v) is 9.87. The van der Waals surface area contributed by atoms with Crippen molar-refractivity contribution in [3.63, 3.8) is 0 Å². The van der Waals surface area contributed by atoms with Crippen molar-refractivity contribution in [1.82, 2.24) is 4.57 Å². The molecule has 2 aliphatic carbocycles. The Balaban J connectivity index is 1.92. The molecule has 0 radical (unpaired) electrons. The molecule has 0 atom stereocenters. The van der Waals surface area contributed by atoms with Gasteiger partial charge in [-0.25, -0.2) is 0 Å². The van der Waals surface area contributed by atoms with Crippen LogP contribution in [0.2, 0.25) is 0 Å². The predicted octanol–water partition coefficient (Wildman–Crippen LogP) is 7.18. The molecule has 0 unspecified atom stereocenters. The van der Waals surface area contributed by atoms with E-state index in [0.29, 0.717) is 0 Å². The van der Waals surface area contributed by atoms with E-state index in [1.54, 1.807) is 5.30 Å². The van der Waals surface area contributed by atoms with Crippen LogP contribution in [0.25, 0.3) is 5.69 Å². The van der Waals surface area contributed by atoms with E-state index in [4.69, 9.17) is 4.74 Å². The van der Waals surface area contributed by atoms with Crippen molar-refractivity contribution in [2.75, 3.05) is 7.11 Å². The van der Waals surface area contributed by atoms with Crippen LogP contribution in [0.5, 0.6) is 5.75 Å². The topological polar surface area (TPSA) is 14.2 Å². The Morgan fingerprint density at radius 2 is 1.28 bits per heavy atom. The standard InChI is InChI=1S/C26H38NOP/c1-19-15-18-24(28-4)26(25(19)27-20(2)16-17-21(27)3)29(22-11-7-5-8-12-22)23-13-9-6-10-14-23/h15-18,22-23H,5-14H2,1-4H3. The van der Waals surface area contributed by atoms with Gasteiger partial charge in [0.1, 0.15) is 5.75 Å². The van der Waals surface area contributed by atoms with Gasteiger partial charge in [0.2, 0.25) is 0 Å². The average Bonchev–Trinajstić information content (AvgIpc) is 3.08. The van der Waals surface area contributed by atoms with Gasteiger partial charge < -0.3 is 9.30 Å². The summed E-state index contributed by atoms with van der Waals surface area (Å²) in [7, 11) is 1.65. The van der Waals surface area contributed by atoms with Crippen LogP contribution in [-0.2, 0) is 0 Å². The molecule has 0 bridgehead atoms. The van der Waals surface area contributed by atoms with E-state index in [-0.39, 0.29) is 7.92 Å². The van der Waals surface area contributed by atoms with Gasteiger partial charge in [0.05, 0.1) is 12.8 Å². The smallest absolute Gasteiger partial charge is 0.128 e. The first-order chi connectivity index (χ1) is 14.1. The van der Waals surface area contributed by atoms with Crippen LogP contribution in [0, 0.1) is 20.8 Å². The fraction of sp³-hybridized carbons (Fsp3) is 0.615. The Hall–Kier alpha value is -1.27. The molecule has 2 saturated carbocycles. The van der Waals surface area contributed by atoms with Crippen LogP contribution in [0.4, 0.5) is 0 Å². The number of hydrogen-bond donors (Lipinski definition) is 0. The first kappa shape index (κ1) is 21.0. The molecule has 0 aliphatic heterocycles. The summed E-state index contributed by atoms with van der Waals surface area (Å²) in [6.45, 7) is 6.80. The SMILES string of the molecule is COc1ccc(C)c(-n2c(C)ccc2C)c1P(C1CCCCC1)C1CCCCC1. The summed E-state index contributed by atoms with van der Waals surface area (Å²) in [5.74, 6) is 1.14. The number of rotatable bonds is 5. The van der Waals surface area contributed by atoms with E-state index in [9.17, 15) is 0 Å². The Morgan fingerprint density at radius 1 is 0.759 bits per heavy atom. The number of benzene rings is 1. The minimum Gasteiger partial charge on any atom is -0.496 e. The maximum Gasteiger partial charge on any atom is 0.128 e. The molecule has 158 valence electrons. The van der Waals surface area contributed by atoms with Crippen molar-refractivity contribution < 1.29 is 4.74 Å². The van der Waals surface area contributed by atoms with Crippen molar-refractivity contribution in [1.29, 1.82) is 0 Å². The number of aromatic nitrogens is 1. The first-order valence-electron chi connectivity index (χ1n) is 11.7. The molecule has 0 saturated heterocycles. The minimum absolute atomic E-state index is 0.231. The molecule has 0 amide bonds. The van der Waals surface area contributed by atoms with Gasteiger partial charge >= 0.3 is 0 Å². The van der Waals surface area contributed by atoms with Crippen molar-refractivity contribution in [3.8, 4) is 11.4 Å². The molecular formula is C26H38NOP. The van der Waals surface area contributed by atoms with Crippen molar-refractivity contribution in [2.45, 2.75) is 96.3 Å². The quantitative estimate of drug-likeness (QED) is 0.475. The predicted molar refractivity (Wildman–Crippen MR) is 127 cm³/mol. The van der Waals surface area contributed by atoms with Crippen LogP contribution in [0.3, 0.4) is 0 Å². The molecule has 0 spiro atoms. The van der Waals surface area contributed by atoms with Gasteiger partial charge in [0.15, 0.2) is 0 Å². The second kappa shape index (κ2) is 9.25. The number of nitrogens with zero attached hydrogens (tertiary/aromatic N) is 1. The normalized spacial score (nSPS) is 19.1. The van der Waals surface area contributed by atoms with Crippen molar-refractivity contribution in [2.24, 2.45) is 0 Å². The summed E-state index contributed by atoms with van der Waals surface area (Å²) in [6.07, 6.45) is 14.2. The third kappa shape index (κ3) is 4.15. The van der Waals surface area contributed by atoms with Crippen LogP contribution >= 0.6 is 7.92 Å². The van der Waals surface area contributed by atoms with Gasteiger partial charge in [0, 0.05) is 16.7 Å². The van der Waals surface area contributed by atoms with Gasteiger partial charge in [-0.1, -0.05) is 52.5 Å². The number of aryl methyl sites for hydroxylation is 3. The highest BCUT2D eigenvalue weighted by Gasteiger charge is 2.36. The molecule has 29 heavy (non-hydrogen) atoms.